The Morgan fingerprint density at radius 2 is 1.88 bits per heavy atom. The van der Waals surface area contributed by atoms with Crippen LogP contribution in [-0.2, 0) is 11.3 Å². The lowest BCUT2D eigenvalue weighted by Gasteiger charge is -2.13. The van der Waals surface area contributed by atoms with Crippen LogP contribution in [0.15, 0.2) is 30.3 Å². The third kappa shape index (κ3) is 2.46. The fraction of sp³-hybridized carbons (Fsp3) is 0.333. The van der Waals surface area contributed by atoms with Crippen molar-refractivity contribution in [2.75, 3.05) is 7.11 Å². The van der Waals surface area contributed by atoms with Crippen LogP contribution in [-0.4, -0.2) is 7.11 Å². The molecule has 0 aromatic heterocycles. The molecule has 2 rings (SSSR count). The van der Waals surface area contributed by atoms with E-state index in [1.165, 1.54) is 21.9 Å². The van der Waals surface area contributed by atoms with Crippen molar-refractivity contribution in [1.29, 1.82) is 0 Å². The molecule has 0 N–H and O–H groups in total. The van der Waals surface area contributed by atoms with E-state index in [1.54, 1.807) is 7.11 Å². The molecule has 0 bridgehead atoms. The molecule has 0 aliphatic rings. The fourth-order valence-electron chi connectivity index (χ4n) is 2.21. The molecule has 0 unspecified atom stereocenters. The van der Waals surface area contributed by atoms with Crippen LogP contribution in [0.2, 0.25) is 5.02 Å². The molecule has 2 heteroatoms. The number of hydrogen-bond donors (Lipinski definition) is 0. The Balaban J connectivity index is 2.67. The van der Waals surface area contributed by atoms with Crippen LogP contribution >= 0.6 is 11.6 Å². The summed E-state index contributed by atoms with van der Waals surface area (Å²) >= 11 is 6.30. The molecule has 0 atom stereocenters. The van der Waals surface area contributed by atoms with Gasteiger partial charge in [0.05, 0.1) is 6.61 Å². The first kappa shape index (κ1) is 12.4. The standard InChI is InChI=1S/C15H17ClO/c1-10(2)15-13-8-11(9-17-3)4-5-12(13)6-7-14(15)16/h4-8,10H,9H2,1-3H3. The molecule has 2 aromatic rings. The van der Waals surface area contributed by atoms with Gasteiger partial charge in [-0.2, -0.15) is 0 Å². The molecule has 1 nitrogen and oxygen atoms in total. The van der Waals surface area contributed by atoms with Gasteiger partial charge in [-0.15, -0.1) is 0 Å². The van der Waals surface area contributed by atoms with Gasteiger partial charge in [-0.25, -0.2) is 0 Å². The first-order chi connectivity index (χ1) is 8.13. The van der Waals surface area contributed by atoms with Gasteiger partial charge in [0.2, 0.25) is 0 Å². The molecule has 17 heavy (non-hydrogen) atoms. The normalized spacial score (nSPS) is 11.4. The maximum atomic E-state index is 6.30. The van der Waals surface area contributed by atoms with Gasteiger partial charge >= 0.3 is 0 Å². The molecule has 0 aliphatic carbocycles. The fourth-order valence-corrected chi connectivity index (χ4v) is 2.59. The lowest BCUT2D eigenvalue weighted by atomic mass is 9.95. The highest BCUT2D eigenvalue weighted by atomic mass is 35.5. The van der Waals surface area contributed by atoms with Crippen molar-refractivity contribution >= 4 is 22.4 Å². The van der Waals surface area contributed by atoms with E-state index < -0.39 is 0 Å². The van der Waals surface area contributed by atoms with Gasteiger partial charge in [0.1, 0.15) is 0 Å². The maximum Gasteiger partial charge on any atom is 0.0713 e. The summed E-state index contributed by atoms with van der Waals surface area (Å²) in [7, 11) is 1.71. The Bertz CT molecular complexity index is 532. The molecule has 0 fully saturated rings. The predicted octanol–water partition coefficient (Wildman–Crippen LogP) is 4.76. The summed E-state index contributed by atoms with van der Waals surface area (Å²) in [5.74, 6) is 0.420. The van der Waals surface area contributed by atoms with Gasteiger partial charge < -0.3 is 4.74 Å². The Morgan fingerprint density at radius 1 is 1.18 bits per heavy atom. The first-order valence-corrected chi connectivity index (χ1v) is 6.21. The third-order valence-corrected chi connectivity index (χ3v) is 3.29. The lowest BCUT2D eigenvalue weighted by molar-refractivity contribution is 0.185. The quantitative estimate of drug-likeness (QED) is 0.761. The zero-order chi connectivity index (χ0) is 12.4. The molecular weight excluding hydrogens is 232 g/mol. The first-order valence-electron chi connectivity index (χ1n) is 5.83. The van der Waals surface area contributed by atoms with Crippen molar-refractivity contribution in [2.45, 2.75) is 26.4 Å². The highest BCUT2D eigenvalue weighted by molar-refractivity contribution is 6.32. The second-order valence-corrected chi connectivity index (χ2v) is 5.01. The van der Waals surface area contributed by atoms with Crippen molar-refractivity contribution < 1.29 is 4.74 Å². The molecule has 90 valence electrons. The van der Waals surface area contributed by atoms with Crippen LogP contribution in [0.25, 0.3) is 10.8 Å². The number of rotatable bonds is 3. The van der Waals surface area contributed by atoms with E-state index in [0.29, 0.717) is 12.5 Å². The van der Waals surface area contributed by atoms with Gasteiger partial charge in [0.25, 0.3) is 0 Å². The summed E-state index contributed by atoms with van der Waals surface area (Å²) < 4.78 is 5.17. The Kier molecular flexibility index (Phi) is 3.70. The molecule has 0 saturated heterocycles. The number of methoxy groups -OCH3 is 1. The van der Waals surface area contributed by atoms with E-state index in [-0.39, 0.29) is 0 Å². The molecule has 0 saturated carbocycles. The Hall–Kier alpha value is -1.05. The number of ether oxygens (including phenoxy) is 1. The molecule has 0 heterocycles. The predicted molar refractivity (Wildman–Crippen MR) is 73.8 cm³/mol. The molecular formula is C15H17ClO. The van der Waals surface area contributed by atoms with Crippen LogP contribution in [0.4, 0.5) is 0 Å². The van der Waals surface area contributed by atoms with E-state index in [0.717, 1.165) is 5.02 Å². The zero-order valence-electron chi connectivity index (χ0n) is 10.5. The Labute approximate surface area is 107 Å². The van der Waals surface area contributed by atoms with Gasteiger partial charge in [-0.1, -0.05) is 43.6 Å². The summed E-state index contributed by atoms with van der Waals surface area (Å²) in [4.78, 5) is 0. The molecule has 0 spiro atoms. The van der Waals surface area contributed by atoms with Crippen LogP contribution in [0, 0.1) is 0 Å². The summed E-state index contributed by atoms with van der Waals surface area (Å²) in [6, 6.07) is 10.5. The number of fused-ring (bicyclic) bond motifs is 1. The summed E-state index contributed by atoms with van der Waals surface area (Å²) in [6.45, 7) is 4.98. The third-order valence-electron chi connectivity index (χ3n) is 2.96. The van der Waals surface area contributed by atoms with Crippen LogP contribution in [0.5, 0.6) is 0 Å². The highest BCUT2D eigenvalue weighted by Crippen LogP contribution is 2.32. The zero-order valence-corrected chi connectivity index (χ0v) is 11.2. The molecule has 0 radical (unpaired) electrons. The average Bonchev–Trinajstić information content (AvgIpc) is 2.28. The average molecular weight is 249 g/mol. The molecule has 0 amide bonds. The minimum Gasteiger partial charge on any atom is -0.380 e. The van der Waals surface area contributed by atoms with E-state index >= 15 is 0 Å². The number of hydrogen-bond acceptors (Lipinski definition) is 1. The van der Waals surface area contributed by atoms with E-state index in [9.17, 15) is 0 Å². The van der Waals surface area contributed by atoms with Gasteiger partial charge in [0.15, 0.2) is 0 Å². The van der Waals surface area contributed by atoms with Gasteiger partial charge in [-0.05, 0) is 39.9 Å². The van der Waals surface area contributed by atoms with Crippen molar-refractivity contribution in [3.63, 3.8) is 0 Å². The summed E-state index contributed by atoms with van der Waals surface area (Å²) in [5, 5.41) is 3.32. The van der Waals surface area contributed by atoms with Crippen LogP contribution in [0.3, 0.4) is 0 Å². The minimum atomic E-state index is 0.420. The van der Waals surface area contributed by atoms with Crippen molar-refractivity contribution in [3.05, 3.63) is 46.5 Å². The van der Waals surface area contributed by atoms with E-state index in [2.05, 4.69) is 38.1 Å². The second kappa shape index (κ2) is 5.07. The highest BCUT2D eigenvalue weighted by Gasteiger charge is 2.10. The van der Waals surface area contributed by atoms with Crippen molar-refractivity contribution in [3.8, 4) is 0 Å². The minimum absolute atomic E-state index is 0.420. The van der Waals surface area contributed by atoms with Crippen molar-refractivity contribution in [2.24, 2.45) is 0 Å². The Morgan fingerprint density at radius 3 is 2.53 bits per heavy atom. The lowest BCUT2D eigenvalue weighted by Crippen LogP contribution is -1.93. The topological polar surface area (TPSA) is 9.23 Å². The van der Waals surface area contributed by atoms with E-state index in [1.807, 2.05) is 6.07 Å². The SMILES string of the molecule is COCc1ccc2ccc(Cl)c(C(C)C)c2c1. The smallest absolute Gasteiger partial charge is 0.0713 e. The number of benzene rings is 2. The summed E-state index contributed by atoms with van der Waals surface area (Å²) in [6.07, 6.45) is 0. The van der Waals surface area contributed by atoms with Crippen molar-refractivity contribution in [1.82, 2.24) is 0 Å². The van der Waals surface area contributed by atoms with E-state index in [4.69, 9.17) is 16.3 Å². The summed E-state index contributed by atoms with van der Waals surface area (Å²) in [5.41, 5.74) is 2.41. The molecule has 0 aliphatic heterocycles. The second-order valence-electron chi connectivity index (χ2n) is 4.60. The number of halogens is 1. The van der Waals surface area contributed by atoms with Crippen LogP contribution < -0.4 is 0 Å². The largest absolute Gasteiger partial charge is 0.380 e. The van der Waals surface area contributed by atoms with Gasteiger partial charge in [-0.3, -0.25) is 0 Å². The van der Waals surface area contributed by atoms with Crippen LogP contribution in [0.1, 0.15) is 30.9 Å². The maximum absolute atomic E-state index is 6.30. The molecule has 2 aromatic carbocycles. The monoisotopic (exact) mass is 248 g/mol. The van der Waals surface area contributed by atoms with Gasteiger partial charge in [0, 0.05) is 12.1 Å².